The summed E-state index contributed by atoms with van der Waals surface area (Å²) in [5.74, 6) is 0. The average Bonchev–Trinajstić information content (AvgIpc) is 2.28. The van der Waals surface area contributed by atoms with Crippen molar-refractivity contribution in [2.45, 2.75) is 33.1 Å². The minimum atomic E-state index is 0.804. The smallest absolute Gasteiger partial charge is 0.000825 e. The SMILES string of the molecule is Cc1ccc(C)c(CCNCCCCN)c1. The molecule has 0 aromatic heterocycles. The fourth-order valence-electron chi connectivity index (χ4n) is 1.81. The van der Waals surface area contributed by atoms with Crippen LogP contribution in [0.25, 0.3) is 0 Å². The van der Waals surface area contributed by atoms with Gasteiger partial charge in [0.05, 0.1) is 0 Å². The number of nitrogens with two attached hydrogens (primary N) is 1. The van der Waals surface area contributed by atoms with Crippen LogP contribution in [0, 0.1) is 13.8 Å². The molecule has 3 N–H and O–H groups in total. The van der Waals surface area contributed by atoms with Gasteiger partial charge in [-0.2, -0.15) is 0 Å². The highest BCUT2D eigenvalue weighted by Crippen LogP contribution is 2.10. The van der Waals surface area contributed by atoms with Gasteiger partial charge in [0.2, 0.25) is 0 Å². The molecule has 2 nitrogen and oxygen atoms in total. The van der Waals surface area contributed by atoms with Crippen molar-refractivity contribution in [3.8, 4) is 0 Å². The summed E-state index contributed by atoms with van der Waals surface area (Å²) in [6, 6.07) is 6.67. The van der Waals surface area contributed by atoms with Gasteiger partial charge in [0, 0.05) is 0 Å². The highest BCUT2D eigenvalue weighted by Gasteiger charge is 1.98. The Balaban J connectivity index is 2.23. The van der Waals surface area contributed by atoms with Crippen LogP contribution in [-0.4, -0.2) is 19.6 Å². The van der Waals surface area contributed by atoms with Crippen LogP contribution in [0.15, 0.2) is 18.2 Å². The van der Waals surface area contributed by atoms with E-state index in [0.29, 0.717) is 0 Å². The molecule has 0 atom stereocenters. The zero-order chi connectivity index (χ0) is 11.8. The van der Waals surface area contributed by atoms with Gasteiger partial charge < -0.3 is 11.1 Å². The van der Waals surface area contributed by atoms with E-state index in [4.69, 9.17) is 5.73 Å². The summed E-state index contributed by atoms with van der Waals surface area (Å²) < 4.78 is 0. The van der Waals surface area contributed by atoms with Crippen LogP contribution in [0.3, 0.4) is 0 Å². The lowest BCUT2D eigenvalue weighted by Crippen LogP contribution is -2.19. The van der Waals surface area contributed by atoms with Gasteiger partial charge in [0.15, 0.2) is 0 Å². The Hall–Kier alpha value is -0.860. The van der Waals surface area contributed by atoms with E-state index in [1.165, 1.54) is 23.1 Å². The third-order valence-electron chi connectivity index (χ3n) is 2.88. The standard InChI is InChI=1S/C14H24N2/c1-12-5-6-13(2)14(11-12)7-10-16-9-4-3-8-15/h5-6,11,16H,3-4,7-10,15H2,1-2H3. The van der Waals surface area contributed by atoms with E-state index in [-0.39, 0.29) is 0 Å². The third kappa shape index (κ3) is 4.77. The highest BCUT2D eigenvalue weighted by atomic mass is 14.8. The fraction of sp³-hybridized carbons (Fsp3) is 0.571. The molecule has 2 heteroatoms. The van der Waals surface area contributed by atoms with Crippen molar-refractivity contribution in [2.24, 2.45) is 5.73 Å². The lowest BCUT2D eigenvalue weighted by molar-refractivity contribution is 0.626. The van der Waals surface area contributed by atoms with Crippen LogP contribution in [0.4, 0.5) is 0 Å². The summed E-state index contributed by atoms with van der Waals surface area (Å²) in [4.78, 5) is 0. The first kappa shape index (κ1) is 13.2. The minimum Gasteiger partial charge on any atom is -0.330 e. The summed E-state index contributed by atoms with van der Waals surface area (Å²) in [6.07, 6.45) is 3.43. The quantitative estimate of drug-likeness (QED) is 0.691. The number of aryl methyl sites for hydroxylation is 2. The minimum absolute atomic E-state index is 0.804. The van der Waals surface area contributed by atoms with Crippen LogP contribution in [0.5, 0.6) is 0 Å². The van der Waals surface area contributed by atoms with Gasteiger partial charge in [0.25, 0.3) is 0 Å². The molecule has 0 aliphatic rings. The Labute approximate surface area is 99.2 Å². The zero-order valence-corrected chi connectivity index (χ0v) is 10.6. The number of nitrogens with one attached hydrogen (secondary N) is 1. The molecular weight excluding hydrogens is 196 g/mol. The van der Waals surface area contributed by atoms with Crippen LogP contribution in [-0.2, 0) is 6.42 Å². The largest absolute Gasteiger partial charge is 0.330 e. The van der Waals surface area contributed by atoms with Crippen molar-refractivity contribution in [3.63, 3.8) is 0 Å². The Kier molecular flexibility index (Phi) is 6.12. The number of benzene rings is 1. The van der Waals surface area contributed by atoms with E-state index >= 15 is 0 Å². The topological polar surface area (TPSA) is 38.0 Å². The van der Waals surface area contributed by atoms with Crippen LogP contribution < -0.4 is 11.1 Å². The predicted molar refractivity (Wildman–Crippen MR) is 70.8 cm³/mol. The summed E-state index contributed by atoms with van der Waals surface area (Å²) >= 11 is 0. The highest BCUT2D eigenvalue weighted by molar-refractivity contribution is 5.30. The predicted octanol–water partition coefficient (Wildman–Crippen LogP) is 2.17. The monoisotopic (exact) mass is 220 g/mol. The van der Waals surface area contributed by atoms with Gasteiger partial charge in [-0.1, -0.05) is 23.8 Å². The molecule has 1 aromatic carbocycles. The van der Waals surface area contributed by atoms with Crippen molar-refractivity contribution in [3.05, 3.63) is 34.9 Å². The van der Waals surface area contributed by atoms with Crippen molar-refractivity contribution >= 4 is 0 Å². The molecule has 0 saturated heterocycles. The molecule has 16 heavy (non-hydrogen) atoms. The molecule has 0 bridgehead atoms. The van der Waals surface area contributed by atoms with Crippen LogP contribution >= 0.6 is 0 Å². The van der Waals surface area contributed by atoms with Crippen LogP contribution in [0.1, 0.15) is 29.5 Å². The Bertz CT molecular complexity index is 308. The van der Waals surface area contributed by atoms with Gasteiger partial charge in [-0.25, -0.2) is 0 Å². The lowest BCUT2D eigenvalue weighted by Gasteiger charge is -2.08. The second kappa shape index (κ2) is 7.42. The van der Waals surface area contributed by atoms with E-state index < -0.39 is 0 Å². The van der Waals surface area contributed by atoms with Crippen molar-refractivity contribution in [1.82, 2.24) is 5.32 Å². The maximum atomic E-state index is 5.44. The number of unbranched alkanes of at least 4 members (excludes halogenated alkanes) is 1. The summed E-state index contributed by atoms with van der Waals surface area (Å²) in [5.41, 5.74) is 9.66. The second-order valence-electron chi connectivity index (χ2n) is 4.43. The molecule has 0 saturated carbocycles. The fourth-order valence-corrected chi connectivity index (χ4v) is 1.81. The average molecular weight is 220 g/mol. The van der Waals surface area contributed by atoms with Crippen molar-refractivity contribution in [2.75, 3.05) is 19.6 Å². The molecular formula is C14H24N2. The molecule has 0 aliphatic heterocycles. The Morgan fingerprint density at radius 3 is 2.69 bits per heavy atom. The maximum Gasteiger partial charge on any atom is -0.000825 e. The zero-order valence-electron chi connectivity index (χ0n) is 10.6. The molecule has 0 amide bonds. The van der Waals surface area contributed by atoms with E-state index in [9.17, 15) is 0 Å². The maximum absolute atomic E-state index is 5.44. The van der Waals surface area contributed by atoms with Gasteiger partial charge in [0.1, 0.15) is 0 Å². The Morgan fingerprint density at radius 1 is 1.12 bits per heavy atom. The van der Waals surface area contributed by atoms with Gasteiger partial charge in [-0.05, 0) is 63.9 Å². The molecule has 0 aliphatic carbocycles. The summed E-state index contributed by atoms with van der Waals surface area (Å²) in [5, 5.41) is 3.46. The number of hydrogen-bond donors (Lipinski definition) is 2. The van der Waals surface area contributed by atoms with Gasteiger partial charge in [-0.3, -0.25) is 0 Å². The van der Waals surface area contributed by atoms with E-state index in [1.54, 1.807) is 0 Å². The molecule has 1 rings (SSSR count). The summed E-state index contributed by atoms with van der Waals surface area (Å²) in [7, 11) is 0. The molecule has 0 heterocycles. The molecule has 0 unspecified atom stereocenters. The molecule has 0 spiro atoms. The van der Waals surface area contributed by atoms with Gasteiger partial charge >= 0.3 is 0 Å². The van der Waals surface area contributed by atoms with Crippen molar-refractivity contribution < 1.29 is 0 Å². The van der Waals surface area contributed by atoms with Crippen LogP contribution in [0.2, 0.25) is 0 Å². The molecule has 1 aromatic rings. The van der Waals surface area contributed by atoms with E-state index in [2.05, 4.69) is 37.4 Å². The molecule has 0 fully saturated rings. The van der Waals surface area contributed by atoms with E-state index in [1.807, 2.05) is 0 Å². The third-order valence-corrected chi connectivity index (χ3v) is 2.88. The first-order valence-corrected chi connectivity index (χ1v) is 6.21. The molecule has 0 radical (unpaired) electrons. The normalized spacial score (nSPS) is 10.7. The van der Waals surface area contributed by atoms with Crippen molar-refractivity contribution in [1.29, 1.82) is 0 Å². The first-order valence-electron chi connectivity index (χ1n) is 6.21. The Morgan fingerprint density at radius 2 is 1.94 bits per heavy atom. The second-order valence-corrected chi connectivity index (χ2v) is 4.43. The van der Waals surface area contributed by atoms with E-state index in [0.717, 1.165) is 32.5 Å². The first-order chi connectivity index (χ1) is 7.74. The lowest BCUT2D eigenvalue weighted by atomic mass is 10.0. The number of hydrogen-bond acceptors (Lipinski definition) is 2. The molecule has 90 valence electrons. The van der Waals surface area contributed by atoms with Gasteiger partial charge in [-0.15, -0.1) is 0 Å². The summed E-state index contributed by atoms with van der Waals surface area (Å²) in [6.45, 7) is 7.29. The number of rotatable bonds is 7.